The second kappa shape index (κ2) is 4.64. The van der Waals surface area contributed by atoms with Crippen LogP contribution in [0.25, 0.3) is 0 Å². The van der Waals surface area contributed by atoms with Gasteiger partial charge in [0.1, 0.15) is 0 Å². The van der Waals surface area contributed by atoms with E-state index >= 15 is 0 Å². The molecule has 0 radical (unpaired) electrons. The van der Waals surface area contributed by atoms with Crippen molar-refractivity contribution in [2.24, 2.45) is 0 Å². The van der Waals surface area contributed by atoms with E-state index in [0.29, 0.717) is 0 Å². The van der Waals surface area contributed by atoms with Crippen LogP contribution in [0.3, 0.4) is 0 Å². The maximum atomic E-state index is 10.6. The van der Waals surface area contributed by atoms with Crippen LogP contribution in [-0.2, 0) is 4.57 Å². The predicted octanol–water partition coefficient (Wildman–Crippen LogP) is 0.723. The molecule has 1 aromatic rings. The summed E-state index contributed by atoms with van der Waals surface area (Å²) in [4.78, 5) is 17.2. The van der Waals surface area contributed by atoms with E-state index in [4.69, 9.17) is 33.0 Å². The Morgan fingerprint density at radius 2 is 1.93 bits per heavy atom. The Balaban J connectivity index is 3.20. The minimum atomic E-state index is -4.61. The third-order valence-electron chi connectivity index (χ3n) is 1.45. The van der Waals surface area contributed by atoms with E-state index in [-0.39, 0.29) is 40.2 Å². The summed E-state index contributed by atoms with van der Waals surface area (Å²) in [5.41, 5.74) is 0. The molecule has 0 aromatic heterocycles. The first-order chi connectivity index (χ1) is 6.31. The van der Waals surface area contributed by atoms with Gasteiger partial charge in [0.2, 0.25) is 0 Å². The van der Waals surface area contributed by atoms with Crippen LogP contribution in [0.1, 0.15) is 0 Å². The van der Waals surface area contributed by atoms with E-state index < -0.39 is 7.82 Å². The number of phosphoric ester groups is 1. The van der Waals surface area contributed by atoms with Crippen LogP contribution in [0, 0.1) is 0 Å². The molecular weight excluding hydrogens is 353 g/mol. The number of rotatable bonds is 2. The summed E-state index contributed by atoms with van der Waals surface area (Å²) in [6.07, 6.45) is 0. The molecule has 0 aliphatic heterocycles. The molecule has 1 aromatic carbocycles. The second-order valence-corrected chi connectivity index (χ2v) is 7.61. The van der Waals surface area contributed by atoms with Gasteiger partial charge in [0.25, 0.3) is 0 Å². The fraction of sp³-hybridized carbons (Fsp3) is 0. The molecule has 0 unspecified atom stereocenters. The van der Waals surface area contributed by atoms with Crippen molar-refractivity contribution in [3.8, 4) is 5.75 Å². The maximum absolute atomic E-state index is 10.6. The first-order valence-electron chi connectivity index (χ1n) is 3.51. The van der Waals surface area contributed by atoms with E-state index in [1.165, 1.54) is 6.07 Å². The van der Waals surface area contributed by atoms with Gasteiger partial charge in [-0.05, 0) is 0 Å². The Bertz CT molecular complexity index is 405. The molecule has 0 saturated carbocycles. The number of benzene rings is 1. The van der Waals surface area contributed by atoms with Crippen molar-refractivity contribution < 1.29 is 18.9 Å². The average molecular weight is 359 g/mol. The van der Waals surface area contributed by atoms with Crippen molar-refractivity contribution in [1.82, 2.24) is 0 Å². The van der Waals surface area contributed by atoms with Gasteiger partial charge >= 0.3 is 106 Å². The molecule has 0 fully saturated rings. The Morgan fingerprint density at radius 3 is 2.43 bits per heavy atom. The zero-order chi connectivity index (χ0) is 10.9. The summed E-state index contributed by atoms with van der Waals surface area (Å²) < 4.78 is 15.8. The van der Waals surface area contributed by atoms with Crippen LogP contribution in [-0.4, -0.2) is 34.2 Å². The van der Waals surface area contributed by atoms with E-state index in [9.17, 15) is 4.57 Å². The number of phosphoric acid groups is 1. The standard InChI is InChI=1S/C6H4Cl2O4P.In.2H/c7-4-2-1-3-5(8)6(4)12-13(9,10)11;;;/h1-2H,(H2,9,10,11);;;. The van der Waals surface area contributed by atoms with Crippen LogP contribution in [0.4, 0.5) is 0 Å². The van der Waals surface area contributed by atoms with Gasteiger partial charge in [-0.3, -0.25) is 0 Å². The summed E-state index contributed by atoms with van der Waals surface area (Å²) in [5.74, 6) is -0.140. The summed E-state index contributed by atoms with van der Waals surface area (Å²) >= 11 is 11.6. The molecule has 0 amide bonds. The first-order valence-corrected chi connectivity index (χ1v) is 8.65. The SMILES string of the molecule is O=P(O)(O)Oc1c(Cl)cc[c]([InH2])c1Cl. The van der Waals surface area contributed by atoms with Crippen LogP contribution in [0.2, 0.25) is 10.0 Å². The van der Waals surface area contributed by atoms with Gasteiger partial charge in [-0.25, -0.2) is 0 Å². The average Bonchev–Trinajstić information content (AvgIpc) is 2.04. The zero-order valence-electron chi connectivity index (χ0n) is 7.07. The molecule has 0 heterocycles. The number of halogens is 2. The van der Waals surface area contributed by atoms with Gasteiger partial charge in [-0.2, -0.15) is 0 Å². The van der Waals surface area contributed by atoms with Gasteiger partial charge < -0.3 is 0 Å². The Hall–Kier alpha value is 0.620. The van der Waals surface area contributed by atoms with Gasteiger partial charge in [0.05, 0.1) is 0 Å². The van der Waals surface area contributed by atoms with E-state index in [2.05, 4.69) is 4.52 Å². The first kappa shape index (κ1) is 12.7. The molecule has 0 aliphatic rings. The monoisotopic (exact) mass is 358 g/mol. The fourth-order valence-electron chi connectivity index (χ4n) is 0.834. The Kier molecular flexibility index (Phi) is 4.21. The summed E-state index contributed by atoms with van der Waals surface area (Å²) in [7, 11) is -4.61. The van der Waals surface area contributed by atoms with Crippen molar-refractivity contribution in [1.29, 1.82) is 0 Å². The van der Waals surface area contributed by atoms with Gasteiger partial charge in [-0.15, -0.1) is 0 Å². The number of hydrogen-bond acceptors (Lipinski definition) is 2. The topological polar surface area (TPSA) is 66.8 Å². The molecule has 76 valence electrons. The molecule has 0 bridgehead atoms. The molecule has 0 aliphatic carbocycles. The summed E-state index contributed by atoms with van der Waals surface area (Å²) in [5, 5.41) is 0.284. The third-order valence-corrected chi connectivity index (χ3v) is 5.92. The van der Waals surface area contributed by atoms with Crippen molar-refractivity contribution >= 4 is 58.7 Å². The quantitative estimate of drug-likeness (QED) is 0.765. The van der Waals surface area contributed by atoms with Gasteiger partial charge in [0, 0.05) is 0 Å². The molecule has 0 saturated heterocycles. The molecule has 0 atom stereocenters. The summed E-state index contributed by atoms with van der Waals surface area (Å²) in [6.45, 7) is 0. The zero-order valence-corrected chi connectivity index (χ0v) is 15.2. The van der Waals surface area contributed by atoms with Crippen LogP contribution in [0.15, 0.2) is 12.1 Å². The van der Waals surface area contributed by atoms with E-state index in [1.807, 2.05) is 0 Å². The second-order valence-electron chi connectivity index (χ2n) is 2.59. The molecule has 8 heteroatoms. The Labute approximate surface area is 105 Å². The molecule has 2 N–H and O–H groups in total. The molecule has 1 rings (SSSR count). The van der Waals surface area contributed by atoms with Crippen molar-refractivity contribution in [2.45, 2.75) is 0 Å². The Morgan fingerprint density at radius 1 is 1.36 bits per heavy atom. The van der Waals surface area contributed by atoms with E-state index in [1.54, 1.807) is 6.07 Å². The van der Waals surface area contributed by atoms with Crippen molar-refractivity contribution in [3.05, 3.63) is 22.2 Å². The molecule has 0 spiro atoms. The normalized spacial score (nSPS) is 11.4. The third kappa shape index (κ3) is 3.33. The molecular formula is C6H6Cl2InO4P. The minimum absolute atomic E-state index is 0.0928. The fourth-order valence-corrected chi connectivity index (χ4v) is 2.94. The van der Waals surface area contributed by atoms with Crippen LogP contribution in [0.5, 0.6) is 5.75 Å². The number of hydrogen-bond donors (Lipinski definition) is 2. The van der Waals surface area contributed by atoms with Crippen molar-refractivity contribution in [2.75, 3.05) is 0 Å². The van der Waals surface area contributed by atoms with Gasteiger partial charge in [0.15, 0.2) is 0 Å². The predicted molar refractivity (Wildman–Crippen MR) is 57.3 cm³/mol. The summed E-state index contributed by atoms with van der Waals surface area (Å²) in [6, 6.07) is 3.22. The van der Waals surface area contributed by atoms with Crippen LogP contribution >= 0.6 is 31.0 Å². The van der Waals surface area contributed by atoms with Gasteiger partial charge in [-0.1, -0.05) is 0 Å². The van der Waals surface area contributed by atoms with Crippen molar-refractivity contribution in [3.63, 3.8) is 0 Å². The van der Waals surface area contributed by atoms with E-state index in [0.717, 1.165) is 3.32 Å². The molecule has 14 heavy (non-hydrogen) atoms. The van der Waals surface area contributed by atoms with Crippen LogP contribution < -0.4 is 7.84 Å². The molecule has 4 nitrogen and oxygen atoms in total.